The van der Waals surface area contributed by atoms with E-state index in [0.29, 0.717) is 0 Å². The molecule has 3 N–H and O–H groups in total. The standard InChI is InChI=1S/C12H13NO.H2O/c1-3-9-7-13-12-6-10(8(2)14)4-5-11(9)12;/h4-7,13H,3H2,1-2H3;1H2. The Bertz CT molecular complexity index is 485. The molecule has 0 fully saturated rings. The number of hydrogen-bond acceptors (Lipinski definition) is 1. The monoisotopic (exact) mass is 205 g/mol. The summed E-state index contributed by atoms with van der Waals surface area (Å²) in [7, 11) is 0. The maximum atomic E-state index is 11.2. The number of Topliss-reactive ketones (excluding diaryl/α,β-unsaturated/α-hetero) is 1. The highest BCUT2D eigenvalue weighted by Crippen LogP contribution is 2.20. The molecule has 0 aliphatic carbocycles. The highest BCUT2D eigenvalue weighted by Gasteiger charge is 2.04. The summed E-state index contributed by atoms with van der Waals surface area (Å²) in [4.78, 5) is 14.3. The van der Waals surface area contributed by atoms with E-state index in [1.807, 2.05) is 24.4 Å². The van der Waals surface area contributed by atoms with Crippen LogP contribution in [0.15, 0.2) is 24.4 Å². The third-order valence-corrected chi connectivity index (χ3v) is 2.55. The summed E-state index contributed by atoms with van der Waals surface area (Å²) < 4.78 is 0. The number of nitrogens with one attached hydrogen (secondary N) is 1. The van der Waals surface area contributed by atoms with Crippen molar-refractivity contribution in [1.82, 2.24) is 4.98 Å². The van der Waals surface area contributed by atoms with Crippen LogP contribution in [0.25, 0.3) is 10.9 Å². The average Bonchev–Trinajstić information content (AvgIpc) is 2.59. The Morgan fingerprint density at radius 1 is 1.40 bits per heavy atom. The Balaban J connectivity index is 0.00000112. The molecule has 0 bridgehead atoms. The van der Waals surface area contributed by atoms with Crippen LogP contribution in [0.5, 0.6) is 0 Å². The molecule has 80 valence electrons. The summed E-state index contributed by atoms with van der Waals surface area (Å²) in [5.74, 6) is 0.111. The van der Waals surface area contributed by atoms with Crippen molar-refractivity contribution >= 4 is 16.7 Å². The van der Waals surface area contributed by atoms with Crippen molar-refractivity contribution in [3.05, 3.63) is 35.5 Å². The molecule has 0 saturated carbocycles. The number of benzene rings is 1. The van der Waals surface area contributed by atoms with Crippen LogP contribution >= 0.6 is 0 Å². The molecule has 0 unspecified atom stereocenters. The number of fused-ring (bicyclic) bond motifs is 1. The zero-order chi connectivity index (χ0) is 10.1. The Kier molecular flexibility index (Phi) is 3.27. The molecule has 1 heterocycles. The van der Waals surface area contributed by atoms with E-state index in [1.165, 1.54) is 10.9 Å². The molecule has 0 spiro atoms. The Morgan fingerprint density at radius 2 is 2.13 bits per heavy atom. The van der Waals surface area contributed by atoms with Crippen molar-refractivity contribution in [3.8, 4) is 0 Å². The summed E-state index contributed by atoms with van der Waals surface area (Å²) in [5, 5.41) is 1.22. The minimum absolute atomic E-state index is 0. The Hall–Kier alpha value is -1.61. The number of aromatic nitrogens is 1. The summed E-state index contributed by atoms with van der Waals surface area (Å²) >= 11 is 0. The zero-order valence-corrected chi connectivity index (χ0v) is 8.92. The molecule has 0 saturated heterocycles. The van der Waals surface area contributed by atoms with Gasteiger partial charge in [-0.25, -0.2) is 0 Å². The van der Waals surface area contributed by atoms with E-state index in [2.05, 4.69) is 11.9 Å². The van der Waals surface area contributed by atoms with Crippen LogP contribution in [0.3, 0.4) is 0 Å². The summed E-state index contributed by atoms with van der Waals surface area (Å²) in [6.45, 7) is 3.71. The lowest BCUT2D eigenvalue weighted by molar-refractivity contribution is 0.101. The maximum Gasteiger partial charge on any atom is 0.159 e. The van der Waals surface area contributed by atoms with Gasteiger partial charge in [-0.15, -0.1) is 0 Å². The lowest BCUT2D eigenvalue weighted by atomic mass is 10.1. The molecule has 0 amide bonds. The van der Waals surface area contributed by atoms with Crippen molar-refractivity contribution in [2.75, 3.05) is 0 Å². The van der Waals surface area contributed by atoms with Gasteiger partial charge in [0, 0.05) is 22.7 Å². The second kappa shape index (κ2) is 4.28. The third kappa shape index (κ3) is 1.92. The van der Waals surface area contributed by atoms with Crippen molar-refractivity contribution < 1.29 is 10.3 Å². The van der Waals surface area contributed by atoms with Gasteiger partial charge in [-0.05, 0) is 25.0 Å². The number of H-pyrrole nitrogens is 1. The van der Waals surface area contributed by atoms with Crippen LogP contribution in [0.2, 0.25) is 0 Å². The molecule has 0 atom stereocenters. The molecule has 1 aromatic carbocycles. The van der Waals surface area contributed by atoms with Gasteiger partial charge in [0.15, 0.2) is 5.78 Å². The smallest absolute Gasteiger partial charge is 0.159 e. The van der Waals surface area contributed by atoms with Crippen molar-refractivity contribution in [2.24, 2.45) is 0 Å². The number of rotatable bonds is 2. The molecule has 15 heavy (non-hydrogen) atoms. The predicted molar refractivity (Wildman–Crippen MR) is 61.3 cm³/mol. The topological polar surface area (TPSA) is 64.4 Å². The fraction of sp³-hybridized carbons (Fsp3) is 0.250. The molecular weight excluding hydrogens is 190 g/mol. The van der Waals surface area contributed by atoms with Crippen LogP contribution in [-0.4, -0.2) is 16.2 Å². The van der Waals surface area contributed by atoms with Gasteiger partial charge in [0.1, 0.15) is 0 Å². The minimum Gasteiger partial charge on any atom is -0.412 e. The molecule has 2 aromatic rings. The molecular formula is C12H15NO2. The second-order valence-corrected chi connectivity index (χ2v) is 3.48. The van der Waals surface area contributed by atoms with E-state index >= 15 is 0 Å². The highest BCUT2D eigenvalue weighted by atomic mass is 16.1. The van der Waals surface area contributed by atoms with Crippen LogP contribution in [0.1, 0.15) is 29.8 Å². The fourth-order valence-electron chi connectivity index (χ4n) is 1.70. The van der Waals surface area contributed by atoms with E-state index in [4.69, 9.17) is 0 Å². The number of ketones is 1. The van der Waals surface area contributed by atoms with Crippen molar-refractivity contribution in [3.63, 3.8) is 0 Å². The zero-order valence-electron chi connectivity index (χ0n) is 8.92. The van der Waals surface area contributed by atoms with E-state index in [1.54, 1.807) is 6.92 Å². The Labute approximate surface area is 88.4 Å². The minimum atomic E-state index is 0. The first-order valence-corrected chi connectivity index (χ1v) is 4.83. The largest absolute Gasteiger partial charge is 0.412 e. The number of hydrogen-bond donors (Lipinski definition) is 1. The van der Waals surface area contributed by atoms with Gasteiger partial charge >= 0.3 is 0 Å². The normalized spacial score (nSPS) is 10.0. The third-order valence-electron chi connectivity index (χ3n) is 2.55. The quantitative estimate of drug-likeness (QED) is 0.750. The number of carbonyl (C=O) groups is 1. The molecule has 0 aliphatic rings. The van der Waals surface area contributed by atoms with Gasteiger partial charge < -0.3 is 10.5 Å². The van der Waals surface area contributed by atoms with Crippen molar-refractivity contribution in [1.29, 1.82) is 0 Å². The van der Waals surface area contributed by atoms with Gasteiger partial charge in [0.25, 0.3) is 0 Å². The number of aromatic amines is 1. The van der Waals surface area contributed by atoms with E-state index < -0.39 is 0 Å². The van der Waals surface area contributed by atoms with Gasteiger partial charge in [-0.3, -0.25) is 4.79 Å². The van der Waals surface area contributed by atoms with Crippen LogP contribution < -0.4 is 0 Å². The number of carbonyl (C=O) groups excluding carboxylic acids is 1. The first kappa shape index (κ1) is 11.5. The van der Waals surface area contributed by atoms with E-state index in [-0.39, 0.29) is 11.3 Å². The first-order chi connectivity index (χ1) is 6.72. The van der Waals surface area contributed by atoms with Gasteiger partial charge in [-0.2, -0.15) is 0 Å². The van der Waals surface area contributed by atoms with Crippen LogP contribution in [0.4, 0.5) is 0 Å². The highest BCUT2D eigenvalue weighted by molar-refractivity contribution is 5.98. The van der Waals surface area contributed by atoms with Crippen molar-refractivity contribution in [2.45, 2.75) is 20.3 Å². The summed E-state index contributed by atoms with van der Waals surface area (Å²) in [5.41, 5.74) is 3.12. The summed E-state index contributed by atoms with van der Waals surface area (Å²) in [6, 6.07) is 5.82. The molecule has 3 heteroatoms. The lowest BCUT2D eigenvalue weighted by Crippen LogP contribution is -1.90. The summed E-state index contributed by atoms with van der Waals surface area (Å²) in [6.07, 6.45) is 3.02. The van der Waals surface area contributed by atoms with Gasteiger partial charge in [0.05, 0.1) is 0 Å². The first-order valence-electron chi connectivity index (χ1n) is 4.83. The maximum absolute atomic E-state index is 11.2. The molecule has 1 aromatic heterocycles. The average molecular weight is 205 g/mol. The van der Waals surface area contributed by atoms with Gasteiger partial charge in [0.2, 0.25) is 0 Å². The molecule has 0 aliphatic heterocycles. The fourth-order valence-corrected chi connectivity index (χ4v) is 1.70. The van der Waals surface area contributed by atoms with E-state index in [9.17, 15) is 4.79 Å². The van der Waals surface area contributed by atoms with Crippen LogP contribution in [0, 0.1) is 0 Å². The van der Waals surface area contributed by atoms with Crippen LogP contribution in [-0.2, 0) is 6.42 Å². The molecule has 0 radical (unpaired) electrons. The number of aryl methyl sites for hydroxylation is 1. The SMILES string of the molecule is CCc1c[nH]c2cc(C(C)=O)ccc12.O. The Morgan fingerprint density at radius 3 is 2.73 bits per heavy atom. The molecule has 2 rings (SSSR count). The second-order valence-electron chi connectivity index (χ2n) is 3.48. The van der Waals surface area contributed by atoms with E-state index in [0.717, 1.165) is 17.5 Å². The molecule has 3 nitrogen and oxygen atoms in total. The predicted octanol–water partition coefficient (Wildman–Crippen LogP) is 2.11. The van der Waals surface area contributed by atoms with Gasteiger partial charge in [-0.1, -0.05) is 19.1 Å². The lowest BCUT2D eigenvalue weighted by Gasteiger charge is -1.97.